The lowest BCUT2D eigenvalue weighted by molar-refractivity contribution is -0.244. The first-order valence-corrected chi connectivity index (χ1v) is 9.03. The first-order valence-electron chi connectivity index (χ1n) is 6.50. The summed E-state index contributed by atoms with van der Waals surface area (Å²) in [5.41, 5.74) is 0.839. The zero-order chi connectivity index (χ0) is 13.4. The van der Waals surface area contributed by atoms with Crippen molar-refractivity contribution in [3.05, 3.63) is 35.9 Å². The van der Waals surface area contributed by atoms with Crippen molar-refractivity contribution in [1.82, 2.24) is 0 Å². The van der Waals surface area contributed by atoms with Crippen LogP contribution in [0.2, 0.25) is 18.1 Å². The monoisotopic (exact) mass is 263 g/mol. The number of nitrogens with zero attached hydrogens (tertiary/aromatic N) is 1. The zero-order valence-corrected chi connectivity index (χ0v) is 12.3. The van der Waals surface area contributed by atoms with E-state index in [1.54, 1.807) is 0 Å². The highest BCUT2D eigenvalue weighted by molar-refractivity contribution is 6.73. The van der Waals surface area contributed by atoms with Gasteiger partial charge < -0.3 is 0 Å². The van der Waals surface area contributed by atoms with Gasteiger partial charge in [-0.15, -0.1) is 0 Å². The van der Waals surface area contributed by atoms with Crippen LogP contribution in [0.5, 0.6) is 0 Å². The molecule has 4 heteroatoms. The van der Waals surface area contributed by atoms with E-state index in [2.05, 4.69) is 26.8 Å². The van der Waals surface area contributed by atoms with Crippen LogP contribution in [0.1, 0.15) is 32.4 Å². The van der Waals surface area contributed by atoms with Crippen molar-refractivity contribution in [2.45, 2.75) is 45.0 Å². The molecule has 18 heavy (non-hydrogen) atoms. The average molecular weight is 263 g/mol. The Kier molecular flexibility index (Phi) is 6.06. The fourth-order valence-electron chi connectivity index (χ4n) is 1.86. The summed E-state index contributed by atoms with van der Waals surface area (Å²) in [5.74, 6) is 0. The van der Waals surface area contributed by atoms with E-state index in [4.69, 9.17) is 14.7 Å². The van der Waals surface area contributed by atoms with Gasteiger partial charge in [0.05, 0.1) is 0 Å². The van der Waals surface area contributed by atoms with E-state index in [1.165, 1.54) is 0 Å². The number of rotatable bonds is 7. The van der Waals surface area contributed by atoms with Crippen molar-refractivity contribution in [1.29, 1.82) is 5.26 Å². The summed E-state index contributed by atoms with van der Waals surface area (Å²) < 4.78 is 5.70. The molecule has 0 bridgehead atoms. The van der Waals surface area contributed by atoms with E-state index >= 15 is 0 Å². The normalized spacial score (nSPS) is 13.0. The van der Waals surface area contributed by atoms with Crippen molar-refractivity contribution in [2.75, 3.05) is 0 Å². The molecule has 0 aliphatic carbocycles. The van der Waals surface area contributed by atoms with Crippen molar-refractivity contribution in [2.24, 2.45) is 0 Å². The first-order chi connectivity index (χ1) is 8.71. The molecule has 1 atom stereocenters. The fourth-order valence-corrected chi connectivity index (χ4v) is 4.01. The van der Waals surface area contributed by atoms with Gasteiger partial charge >= 0.3 is 0 Å². The second kappa shape index (κ2) is 7.32. The second-order valence-electron chi connectivity index (χ2n) is 4.34. The Hall–Kier alpha value is -1.15. The quantitative estimate of drug-likeness (QED) is 0.420. The molecule has 0 fully saturated rings. The minimum Gasteiger partial charge on any atom is -0.285 e. The van der Waals surface area contributed by atoms with Crippen molar-refractivity contribution < 1.29 is 9.46 Å². The van der Waals surface area contributed by atoms with Crippen LogP contribution < -0.4 is 0 Å². The highest BCUT2D eigenvalue weighted by atomic mass is 28.4. The van der Waals surface area contributed by atoms with Gasteiger partial charge in [-0.1, -0.05) is 51.1 Å². The maximum Gasteiger partial charge on any atom is 0.238 e. The number of nitriles is 1. The standard InChI is InChI=1S/C14H21NO2Si/c1-4-18(5-2,6-3)17-16-14(12-15)13-10-8-7-9-11-13/h7-11,14H,4-6H2,1-3H3. The SMILES string of the molecule is CC[Si](CC)(CC)OOC(C#N)c1ccccc1. The van der Waals surface area contributed by atoms with Gasteiger partial charge in [-0.05, 0) is 23.7 Å². The predicted molar refractivity (Wildman–Crippen MR) is 74.2 cm³/mol. The van der Waals surface area contributed by atoms with Gasteiger partial charge in [0, 0.05) is 0 Å². The fraction of sp³-hybridized carbons (Fsp3) is 0.500. The highest BCUT2D eigenvalue weighted by Crippen LogP contribution is 2.25. The Bertz CT molecular complexity index is 376. The van der Waals surface area contributed by atoms with Crippen LogP contribution in [-0.2, 0) is 9.46 Å². The summed E-state index contributed by atoms with van der Waals surface area (Å²) in [5, 5.41) is 9.15. The van der Waals surface area contributed by atoms with E-state index in [0.717, 1.165) is 23.7 Å². The van der Waals surface area contributed by atoms with Crippen LogP contribution in [0.3, 0.4) is 0 Å². The molecule has 0 aromatic heterocycles. The Morgan fingerprint density at radius 3 is 2.11 bits per heavy atom. The molecule has 1 rings (SSSR count). The molecular weight excluding hydrogens is 242 g/mol. The van der Waals surface area contributed by atoms with E-state index in [0.29, 0.717) is 0 Å². The molecular formula is C14H21NO2Si. The van der Waals surface area contributed by atoms with Crippen LogP contribution in [0.4, 0.5) is 0 Å². The molecule has 0 spiro atoms. The maximum absolute atomic E-state index is 9.15. The molecule has 0 N–H and O–H groups in total. The maximum atomic E-state index is 9.15. The van der Waals surface area contributed by atoms with E-state index in [9.17, 15) is 0 Å². The molecule has 0 saturated heterocycles. The lowest BCUT2D eigenvalue weighted by Crippen LogP contribution is -2.36. The summed E-state index contributed by atoms with van der Waals surface area (Å²) in [7, 11) is -1.80. The van der Waals surface area contributed by atoms with E-state index < -0.39 is 14.4 Å². The lowest BCUT2D eigenvalue weighted by Gasteiger charge is -2.27. The molecule has 0 saturated carbocycles. The summed E-state index contributed by atoms with van der Waals surface area (Å²) >= 11 is 0. The number of hydrogen-bond donors (Lipinski definition) is 0. The Balaban J connectivity index is 2.69. The van der Waals surface area contributed by atoms with E-state index in [-0.39, 0.29) is 0 Å². The number of benzene rings is 1. The molecule has 98 valence electrons. The van der Waals surface area contributed by atoms with Gasteiger partial charge in [0.2, 0.25) is 14.4 Å². The topological polar surface area (TPSA) is 42.2 Å². The van der Waals surface area contributed by atoms with Gasteiger partial charge in [0.25, 0.3) is 0 Å². The summed E-state index contributed by atoms with van der Waals surface area (Å²) in [4.78, 5) is 5.42. The van der Waals surface area contributed by atoms with Gasteiger partial charge in [-0.2, -0.15) is 5.26 Å². The minimum atomic E-state index is -1.80. The van der Waals surface area contributed by atoms with Gasteiger partial charge in [-0.25, -0.2) is 4.89 Å². The van der Waals surface area contributed by atoms with Crippen molar-refractivity contribution >= 4 is 8.32 Å². The number of hydrogen-bond acceptors (Lipinski definition) is 3. The Morgan fingerprint density at radius 2 is 1.67 bits per heavy atom. The van der Waals surface area contributed by atoms with E-state index in [1.807, 2.05) is 30.3 Å². The van der Waals surface area contributed by atoms with Crippen LogP contribution in [-0.4, -0.2) is 8.32 Å². The Morgan fingerprint density at radius 1 is 1.11 bits per heavy atom. The lowest BCUT2D eigenvalue weighted by atomic mass is 10.1. The largest absolute Gasteiger partial charge is 0.285 e. The molecule has 0 heterocycles. The van der Waals surface area contributed by atoms with Crippen LogP contribution in [0.15, 0.2) is 30.3 Å². The molecule has 0 aliphatic rings. The summed E-state index contributed by atoms with van der Waals surface area (Å²) in [6, 6.07) is 14.6. The Labute approximate surface area is 110 Å². The summed E-state index contributed by atoms with van der Waals surface area (Å²) in [6.07, 6.45) is -0.636. The van der Waals surface area contributed by atoms with Crippen molar-refractivity contribution in [3.63, 3.8) is 0 Å². The molecule has 0 radical (unpaired) electrons. The molecule has 1 aromatic rings. The predicted octanol–water partition coefficient (Wildman–Crippen LogP) is 4.20. The molecule has 3 nitrogen and oxygen atoms in total. The van der Waals surface area contributed by atoms with Gasteiger partial charge in [0.15, 0.2) is 0 Å². The molecule has 1 unspecified atom stereocenters. The van der Waals surface area contributed by atoms with Gasteiger partial charge in [0.1, 0.15) is 6.07 Å². The third kappa shape index (κ3) is 3.67. The average Bonchev–Trinajstić information content (AvgIpc) is 2.45. The molecule has 0 amide bonds. The second-order valence-corrected chi connectivity index (χ2v) is 9.00. The molecule has 0 aliphatic heterocycles. The van der Waals surface area contributed by atoms with Crippen LogP contribution >= 0.6 is 0 Å². The van der Waals surface area contributed by atoms with Crippen molar-refractivity contribution in [3.8, 4) is 6.07 Å². The van der Waals surface area contributed by atoms with Crippen LogP contribution in [0, 0.1) is 11.3 Å². The van der Waals surface area contributed by atoms with Gasteiger partial charge in [-0.3, -0.25) is 4.58 Å². The third-order valence-corrected chi connectivity index (χ3v) is 7.79. The minimum absolute atomic E-state index is 0.636. The third-order valence-electron chi connectivity index (χ3n) is 3.47. The van der Waals surface area contributed by atoms with Crippen LogP contribution in [0.25, 0.3) is 0 Å². The molecule has 1 aromatic carbocycles. The zero-order valence-electron chi connectivity index (χ0n) is 11.3. The highest BCUT2D eigenvalue weighted by Gasteiger charge is 2.32. The summed E-state index contributed by atoms with van der Waals surface area (Å²) in [6.45, 7) is 6.39. The first kappa shape index (κ1) is 14.9. The smallest absolute Gasteiger partial charge is 0.238 e.